The van der Waals surface area contributed by atoms with Gasteiger partial charge in [-0.1, -0.05) is 42.8 Å². The number of hydrogen-bond acceptors (Lipinski definition) is 3. The zero-order valence-corrected chi connectivity index (χ0v) is 17.7. The number of fused-ring (bicyclic) bond motifs is 1. The Bertz CT molecular complexity index is 1100. The number of amides is 1. The van der Waals surface area contributed by atoms with Crippen molar-refractivity contribution in [1.82, 2.24) is 0 Å². The fourth-order valence-corrected chi connectivity index (χ4v) is 3.90. The molecule has 4 nitrogen and oxygen atoms in total. The van der Waals surface area contributed by atoms with Crippen LogP contribution in [0.5, 0.6) is 5.75 Å². The third kappa shape index (κ3) is 3.96. The Kier molecular flexibility index (Phi) is 5.60. The van der Waals surface area contributed by atoms with Crippen LogP contribution in [0.4, 0.5) is 5.69 Å². The lowest BCUT2D eigenvalue weighted by Gasteiger charge is -2.20. The predicted molar refractivity (Wildman–Crippen MR) is 122 cm³/mol. The highest BCUT2D eigenvalue weighted by Gasteiger charge is 2.30. The van der Waals surface area contributed by atoms with E-state index in [4.69, 9.17) is 16.6 Å². The molecule has 0 bridgehead atoms. The molecule has 0 fully saturated rings. The topological polar surface area (TPSA) is 52.9 Å². The largest absolute Gasteiger partial charge is 0.508 e. The molecular formula is C25H23ClN2O2. The van der Waals surface area contributed by atoms with Gasteiger partial charge in [-0.2, -0.15) is 0 Å². The third-order valence-electron chi connectivity index (χ3n) is 5.48. The molecule has 1 N–H and O–H groups in total. The highest BCUT2D eigenvalue weighted by atomic mass is 35.5. The highest BCUT2D eigenvalue weighted by molar-refractivity contribution is 6.32. The monoisotopic (exact) mass is 418 g/mol. The molecule has 0 saturated carbocycles. The number of phenolic OH excluding ortho intramolecular Hbond substituents is 1. The lowest BCUT2D eigenvalue weighted by Crippen LogP contribution is -2.36. The Hall–Kier alpha value is -3.11. The molecule has 1 amide bonds. The van der Waals surface area contributed by atoms with Crippen LogP contribution >= 0.6 is 11.6 Å². The lowest BCUT2D eigenvalue weighted by atomic mass is 10.00. The van der Waals surface area contributed by atoms with E-state index in [-0.39, 0.29) is 11.7 Å². The summed E-state index contributed by atoms with van der Waals surface area (Å²) in [6.45, 7) is 2.12. The van der Waals surface area contributed by atoms with Gasteiger partial charge in [-0.15, -0.1) is 0 Å². The molecular weight excluding hydrogens is 396 g/mol. The molecule has 3 aromatic carbocycles. The number of aromatic hydroxyl groups is 1. The van der Waals surface area contributed by atoms with Gasteiger partial charge in [0.25, 0.3) is 5.91 Å². The number of benzodiazepines with no additional fused rings is 1. The second-order valence-electron chi connectivity index (χ2n) is 7.47. The Morgan fingerprint density at radius 2 is 1.67 bits per heavy atom. The summed E-state index contributed by atoms with van der Waals surface area (Å²) in [5.41, 5.74) is 5.41. The fraction of sp³-hybridized carbons (Fsp3) is 0.200. The molecule has 1 heterocycles. The number of likely N-dealkylation sites (N-methyl/N-ethyl adjacent to an activating group) is 1. The average Bonchev–Trinajstić information content (AvgIpc) is 2.85. The summed E-state index contributed by atoms with van der Waals surface area (Å²) in [5, 5.41) is 10.3. The van der Waals surface area contributed by atoms with Crippen LogP contribution in [0.15, 0.2) is 71.7 Å². The zero-order chi connectivity index (χ0) is 21.3. The summed E-state index contributed by atoms with van der Waals surface area (Å²) in [5.74, 6) is 0.118. The maximum absolute atomic E-state index is 13.3. The van der Waals surface area contributed by atoms with Crippen molar-refractivity contribution in [3.8, 4) is 5.75 Å². The van der Waals surface area contributed by atoms with Crippen LogP contribution in [0, 0.1) is 0 Å². The molecule has 1 aliphatic rings. The second-order valence-corrected chi connectivity index (χ2v) is 7.91. The zero-order valence-electron chi connectivity index (χ0n) is 17.0. The molecule has 152 valence electrons. The molecule has 1 unspecified atom stereocenters. The van der Waals surface area contributed by atoms with Gasteiger partial charge in [-0.3, -0.25) is 9.79 Å². The number of nitrogens with zero attached hydrogens (tertiary/aromatic N) is 2. The van der Waals surface area contributed by atoms with Gasteiger partial charge in [-0.25, -0.2) is 0 Å². The number of anilines is 1. The third-order valence-corrected chi connectivity index (χ3v) is 5.71. The van der Waals surface area contributed by atoms with Crippen LogP contribution in [-0.2, 0) is 17.6 Å². The molecule has 0 saturated heterocycles. The number of rotatable bonds is 4. The van der Waals surface area contributed by atoms with Crippen molar-refractivity contribution in [3.05, 3.63) is 94.0 Å². The summed E-state index contributed by atoms with van der Waals surface area (Å²) in [7, 11) is 1.78. The van der Waals surface area contributed by atoms with Crippen LogP contribution in [0.3, 0.4) is 0 Å². The number of hydrogen-bond donors (Lipinski definition) is 1. The van der Waals surface area contributed by atoms with E-state index in [1.807, 2.05) is 24.3 Å². The minimum atomic E-state index is -0.558. The van der Waals surface area contributed by atoms with Crippen molar-refractivity contribution >= 4 is 28.9 Å². The maximum atomic E-state index is 13.3. The SMILES string of the molecule is CCc1ccc(CC2N=C(c3ccc(O)cc3)c3cc(Cl)ccc3N(C)C2=O)cc1. The van der Waals surface area contributed by atoms with E-state index in [1.54, 1.807) is 30.1 Å². The Morgan fingerprint density at radius 3 is 2.33 bits per heavy atom. The first-order valence-corrected chi connectivity index (χ1v) is 10.4. The van der Waals surface area contributed by atoms with E-state index in [2.05, 4.69) is 31.2 Å². The van der Waals surface area contributed by atoms with Gasteiger partial charge in [0.1, 0.15) is 11.8 Å². The first-order chi connectivity index (χ1) is 14.5. The standard InChI is InChI=1S/C25H23ClN2O2/c1-3-16-4-6-17(7-5-16)14-22-25(30)28(2)23-13-10-19(26)15-21(23)24(27-22)18-8-11-20(29)12-9-18/h4-13,15,22,29H,3,14H2,1-2H3. The summed E-state index contributed by atoms with van der Waals surface area (Å²) in [6, 6.07) is 20.1. The van der Waals surface area contributed by atoms with E-state index in [9.17, 15) is 9.90 Å². The number of phenols is 1. The normalized spacial score (nSPS) is 16.1. The molecule has 0 spiro atoms. The number of carbonyl (C=O) groups excluding carboxylic acids is 1. The quantitative estimate of drug-likeness (QED) is 0.645. The molecule has 5 heteroatoms. The number of halogens is 1. The van der Waals surface area contributed by atoms with Gasteiger partial charge in [0.05, 0.1) is 11.4 Å². The van der Waals surface area contributed by atoms with Gasteiger partial charge in [0, 0.05) is 29.6 Å². The Labute approximate surface area is 181 Å². The van der Waals surface area contributed by atoms with Crippen LogP contribution in [-0.4, -0.2) is 29.8 Å². The van der Waals surface area contributed by atoms with E-state index in [0.717, 1.165) is 28.8 Å². The summed E-state index contributed by atoms with van der Waals surface area (Å²) in [4.78, 5) is 19.9. The van der Waals surface area contributed by atoms with Crippen molar-refractivity contribution in [2.24, 2.45) is 4.99 Å². The van der Waals surface area contributed by atoms with Gasteiger partial charge in [0.15, 0.2) is 0 Å². The molecule has 30 heavy (non-hydrogen) atoms. The molecule has 3 aromatic rings. The second kappa shape index (κ2) is 8.33. The summed E-state index contributed by atoms with van der Waals surface area (Å²) < 4.78 is 0. The minimum Gasteiger partial charge on any atom is -0.508 e. The van der Waals surface area contributed by atoms with Gasteiger partial charge >= 0.3 is 0 Å². The summed E-state index contributed by atoms with van der Waals surface area (Å²) >= 11 is 6.29. The van der Waals surface area contributed by atoms with Crippen LogP contribution in [0.25, 0.3) is 0 Å². The van der Waals surface area contributed by atoms with Crippen molar-refractivity contribution in [3.63, 3.8) is 0 Å². The van der Waals surface area contributed by atoms with E-state index < -0.39 is 6.04 Å². The number of aliphatic imine (C=N–C) groups is 1. The average molecular weight is 419 g/mol. The Morgan fingerprint density at radius 1 is 1.00 bits per heavy atom. The maximum Gasteiger partial charge on any atom is 0.251 e. The number of aryl methyl sites for hydroxylation is 1. The molecule has 1 atom stereocenters. The predicted octanol–water partition coefficient (Wildman–Crippen LogP) is 5.03. The molecule has 0 aliphatic carbocycles. The van der Waals surface area contributed by atoms with Gasteiger partial charge < -0.3 is 10.0 Å². The summed E-state index contributed by atoms with van der Waals surface area (Å²) in [6.07, 6.45) is 1.49. The highest BCUT2D eigenvalue weighted by Crippen LogP contribution is 2.31. The van der Waals surface area contributed by atoms with Gasteiger partial charge in [-0.05, 0) is 60.0 Å². The first kappa shape index (κ1) is 20.2. The first-order valence-electron chi connectivity index (χ1n) is 9.98. The smallest absolute Gasteiger partial charge is 0.251 e. The van der Waals surface area contributed by atoms with E-state index in [1.165, 1.54) is 5.56 Å². The number of benzene rings is 3. The molecule has 1 aliphatic heterocycles. The van der Waals surface area contributed by atoms with Crippen molar-refractivity contribution < 1.29 is 9.90 Å². The van der Waals surface area contributed by atoms with Crippen molar-refractivity contribution in [1.29, 1.82) is 0 Å². The van der Waals surface area contributed by atoms with Crippen LogP contribution < -0.4 is 4.90 Å². The fourth-order valence-electron chi connectivity index (χ4n) is 3.73. The van der Waals surface area contributed by atoms with E-state index >= 15 is 0 Å². The molecule has 4 rings (SSSR count). The van der Waals surface area contributed by atoms with Crippen molar-refractivity contribution in [2.45, 2.75) is 25.8 Å². The lowest BCUT2D eigenvalue weighted by molar-refractivity contribution is -0.119. The van der Waals surface area contributed by atoms with E-state index in [0.29, 0.717) is 17.2 Å². The molecule has 0 radical (unpaired) electrons. The van der Waals surface area contributed by atoms with Crippen molar-refractivity contribution in [2.75, 3.05) is 11.9 Å². The Balaban J connectivity index is 1.82. The molecule has 0 aromatic heterocycles. The van der Waals surface area contributed by atoms with Crippen LogP contribution in [0.1, 0.15) is 29.2 Å². The van der Waals surface area contributed by atoms with Crippen LogP contribution in [0.2, 0.25) is 5.02 Å². The minimum absolute atomic E-state index is 0.0630. The van der Waals surface area contributed by atoms with Gasteiger partial charge in [0.2, 0.25) is 0 Å². The number of carbonyl (C=O) groups is 1.